The van der Waals surface area contributed by atoms with Gasteiger partial charge in [0.15, 0.2) is 0 Å². The van der Waals surface area contributed by atoms with Crippen molar-refractivity contribution >= 4 is 31.5 Å². The Kier molecular flexibility index (Phi) is 4.59. The lowest BCUT2D eigenvalue weighted by Crippen LogP contribution is -1.85. The van der Waals surface area contributed by atoms with Gasteiger partial charge in [-0.05, 0) is 46.9 Å². The molecule has 152 valence electrons. The highest BCUT2D eigenvalue weighted by molar-refractivity contribution is 7.27. The van der Waals surface area contributed by atoms with Crippen LogP contribution in [0.1, 0.15) is 5.56 Å². The molecule has 0 atom stereocenters. The van der Waals surface area contributed by atoms with E-state index < -0.39 is 0 Å². The third-order valence-corrected chi connectivity index (χ3v) is 7.28. The van der Waals surface area contributed by atoms with Gasteiger partial charge in [-0.25, -0.2) is 0 Å². The molecule has 0 fully saturated rings. The Hall–Kier alpha value is -3.75. The highest BCUT2D eigenvalue weighted by Gasteiger charge is 2.18. The number of pyridine rings is 1. The minimum atomic E-state index is 1.03. The van der Waals surface area contributed by atoms with Gasteiger partial charge in [0.25, 0.3) is 0 Å². The molecule has 1 nitrogen and oxygen atoms in total. The van der Waals surface area contributed by atoms with Crippen molar-refractivity contribution in [3.8, 4) is 33.5 Å². The lowest BCUT2D eigenvalue weighted by molar-refractivity contribution is 1.29. The zero-order valence-electron chi connectivity index (χ0n) is 17.7. The predicted octanol–water partition coefficient (Wildman–Crippen LogP) is 8.76. The van der Waals surface area contributed by atoms with Crippen LogP contribution >= 0.6 is 11.3 Å². The number of nitrogens with zero attached hydrogens (tertiary/aromatic N) is 1. The Labute approximate surface area is 191 Å². The maximum absolute atomic E-state index is 4.70. The molecule has 0 aliphatic rings. The van der Waals surface area contributed by atoms with E-state index in [9.17, 15) is 0 Å². The maximum atomic E-state index is 4.70. The van der Waals surface area contributed by atoms with Gasteiger partial charge < -0.3 is 0 Å². The molecule has 0 aliphatic heterocycles. The first kappa shape index (κ1) is 19.0. The molecule has 0 bridgehead atoms. The van der Waals surface area contributed by atoms with Gasteiger partial charge in [-0.2, -0.15) is 0 Å². The van der Waals surface area contributed by atoms with E-state index in [0.717, 1.165) is 5.69 Å². The van der Waals surface area contributed by atoms with E-state index in [4.69, 9.17) is 4.98 Å². The van der Waals surface area contributed by atoms with Crippen LogP contribution in [0.15, 0.2) is 109 Å². The molecule has 6 aromatic rings. The van der Waals surface area contributed by atoms with Gasteiger partial charge in [-0.1, -0.05) is 91.0 Å². The van der Waals surface area contributed by atoms with Crippen molar-refractivity contribution in [1.29, 1.82) is 0 Å². The standard InChI is InChI=1S/C30H21NS/c1-20-17-18-31-27(19-20)25-13-8-14-26-28-23(21-9-4-2-5-10-21)15-16-24(30(28)32-29(25)26)22-11-6-3-7-12-22/h2-19H,1H3. The highest BCUT2D eigenvalue weighted by Crippen LogP contribution is 2.47. The Morgan fingerprint density at radius 2 is 1.28 bits per heavy atom. The van der Waals surface area contributed by atoms with Crippen molar-refractivity contribution < 1.29 is 0 Å². The SMILES string of the molecule is Cc1ccnc(-c2cccc3c2sc2c(-c4ccccc4)ccc(-c4ccccc4)c23)c1. The van der Waals surface area contributed by atoms with Crippen molar-refractivity contribution in [3.63, 3.8) is 0 Å². The third kappa shape index (κ3) is 3.12. The second kappa shape index (κ2) is 7.74. The number of rotatable bonds is 3. The van der Waals surface area contributed by atoms with Gasteiger partial charge in [-0.15, -0.1) is 11.3 Å². The first-order valence-corrected chi connectivity index (χ1v) is 11.6. The van der Waals surface area contributed by atoms with Crippen molar-refractivity contribution in [3.05, 3.63) is 115 Å². The van der Waals surface area contributed by atoms with Gasteiger partial charge >= 0.3 is 0 Å². The van der Waals surface area contributed by atoms with Crippen LogP contribution in [-0.2, 0) is 0 Å². The first-order valence-electron chi connectivity index (χ1n) is 10.8. The lowest BCUT2D eigenvalue weighted by atomic mass is 9.94. The van der Waals surface area contributed by atoms with E-state index in [1.807, 2.05) is 17.5 Å². The van der Waals surface area contributed by atoms with Crippen LogP contribution in [0.25, 0.3) is 53.7 Å². The number of hydrogen-bond donors (Lipinski definition) is 0. The number of aryl methyl sites for hydroxylation is 1. The number of benzene rings is 4. The number of thiophene rings is 1. The quantitative estimate of drug-likeness (QED) is 0.275. The predicted molar refractivity (Wildman–Crippen MR) is 138 cm³/mol. The van der Waals surface area contributed by atoms with Crippen molar-refractivity contribution in [2.45, 2.75) is 6.92 Å². The maximum Gasteiger partial charge on any atom is 0.0719 e. The Bertz CT molecular complexity index is 1560. The summed E-state index contributed by atoms with van der Waals surface area (Å²) >= 11 is 1.88. The van der Waals surface area contributed by atoms with Crippen LogP contribution in [0.5, 0.6) is 0 Å². The van der Waals surface area contributed by atoms with Crippen LogP contribution in [0.4, 0.5) is 0 Å². The van der Waals surface area contributed by atoms with E-state index >= 15 is 0 Å². The molecule has 4 aromatic carbocycles. The van der Waals surface area contributed by atoms with Crippen LogP contribution in [0.3, 0.4) is 0 Å². The minimum Gasteiger partial charge on any atom is -0.256 e. The van der Waals surface area contributed by atoms with Crippen molar-refractivity contribution in [2.24, 2.45) is 0 Å². The van der Waals surface area contributed by atoms with Crippen LogP contribution in [0, 0.1) is 6.92 Å². The number of aromatic nitrogens is 1. The van der Waals surface area contributed by atoms with Crippen molar-refractivity contribution in [1.82, 2.24) is 4.98 Å². The van der Waals surface area contributed by atoms with Gasteiger partial charge in [-0.3, -0.25) is 4.98 Å². The molecule has 6 rings (SSSR count). The third-order valence-electron chi connectivity index (χ3n) is 6.01. The normalized spacial score (nSPS) is 11.3. The second-order valence-electron chi connectivity index (χ2n) is 8.10. The summed E-state index contributed by atoms with van der Waals surface area (Å²) in [7, 11) is 0. The fourth-order valence-corrected chi connectivity index (χ4v) is 5.88. The molecule has 0 aliphatic carbocycles. The molecule has 2 heterocycles. The molecular formula is C30H21NS. The van der Waals surface area contributed by atoms with Crippen LogP contribution < -0.4 is 0 Å². The Balaban J connectivity index is 1.74. The summed E-state index contributed by atoms with van der Waals surface area (Å²) in [5.41, 5.74) is 8.51. The van der Waals surface area contributed by atoms with E-state index in [-0.39, 0.29) is 0 Å². The molecule has 2 heteroatoms. The highest BCUT2D eigenvalue weighted by atomic mass is 32.1. The summed E-state index contributed by atoms with van der Waals surface area (Å²) in [5, 5.41) is 2.62. The monoisotopic (exact) mass is 427 g/mol. The number of hydrogen-bond acceptors (Lipinski definition) is 2. The summed E-state index contributed by atoms with van der Waals surface area (Å²) in [6.07, 6.45) is 1.90. The molecule has 0 radical (unpaired) electrons. The minimum absolute atomic E-state index is 1.03. The van der Waals surface area contributed by atoms with Gasteiger partial charge in [0.05, 0.1) is 5.69 Å². The summed E-state index contributed by atoms with van der Waals surface area (Å²) in [6, 6.07) is 36.8. The average Bonchev–Trinajstić information content (AvgIpc) is 3.24. The number of fused-ring (bicyclic) bond motifs is 3. The summed E-state index contributed by atoms with van der Waals surface area (Å²) < 4.78 is 2.62. The molecule has 2 aromatic heterocycles. The zero-order chi connectivity index (χ0) is 21.5. The van der Waals surface area contributed by atoms with Crippen LogP contribution in [-0.4, -0.2) is 4.98 Å². The smallest absolute Gasteiger partial charge is 0.0719 e. The molecule has 0 N–H and O–H groups in total. The fourth-order valence-electron chi connectivity index (χ4n) is 4.49. The van der Waals surface area contributed by atoms with E-state index in [0.29, 0.717) is 0 Å². The lowest BCUT2D eigenvalue weighted by Gasteiger charge is -2.09. The second-order valence-corrected chi connectivity index (χ2v) is 9.12. The van der Waals surface area contributed by atoms with Crippen LogP contribution in [0.2, 0.25) is 0 Å². The Morgan fingerprint density at radius 3 is 2.00 bits per heavy atom. The molecule has 32 heavy (non-hydrogen) atoms. The van der Waals surface area contributed by atoms with Gasteiger partial charge in [0.2, 0.25) is 0 Å². The summed E-state index contributed by atoms with van der Waals surface area (Å²) in [5.74, 6) is 0. The molecule has 0 saturated carbocycles. The zero-order valence-corrected chi connectivity index (χ0v) is 18.6. The molecular weight excluding hydrogens is 406 g/mol. The summed E-state index contributed by atoms with van der Waals surface area (Å²) in [6.45, 7) is 2.12. The largest absolute Gasteiger partial charge is 0.256 e. The first-order chi connectivity index (χ1) is 15.8. The topological polar surface area (TPSA) is 12.9 Å². The average molecular weight is 428 g/mol. The summed E-state index contributed by atoms with van der Waals surface area (Å²) in [4.78, 5) is 4.70. The Morgan fingerprint density at radius 1 is 0.594 bits per heavy atom. The van der Waals surface area contributed by atoms with E-state index in [2.05, 4.69) is 110 Å². The van der Waals surface area contributed by atoms with E-state index in [1.165, 1.54) is 53.6 Å². The fraction of sp³-hybridized carbons (Fsp3) is 0.0333. The molecule has 0 spiro atoms. The van der Waals surface area contributed by atoms with Gasteiger partial charge in [0, 0.05) is 31.9 Å². The molecule has 0 amide bonds. The molecule has 0 saturated heterocycles. The van der Waals surface area contributed by atoms with E-state index in [1.54, 1.807) is 0 Å². The van der Waals surface area contributed by atoms with Gasteiger partial charge in [0.1, 0.15) is 0 Å². The van der Waals surface area contributed by atoms with Crippen molar-refractivity contribution in [2.75, 3.05) is 0 Å². The molecule has 0 unspecified atom stereocenters.